The fourth-order valence-electron chi connectivity index (χ4n) is 1.19. The molecule has 0 N–H and O–H groups in total. The Bertz CT molecular complexity index is 439. The third kappa shape index (κ3) is 2.70. The molecule has 0 aliphatic heterocycles. The number of hydrogen-bond acceptors (Lipinski definition) is 3. The van der Waals surface area contributed by atoms with Crippen LogP contribution in [0.1, 0.15) is 17.3 Å². The second kappa shape index (κ2) is 4.64. The van der Waals surface area contributed by atoms with Crippen LogP contribution in [0.25, 0.3) is 0 Å². The van der Waals surface area contributed by atoms with Crippen molar-refractivity contribution in [2.24, 2.45) is 0 Å². The minimum absolute atomic E-state index is 0.244. The Labute approximate surface area is 97.0 Å². The highest BCUT2D eigenvalue weighted by Gasteiger charge is 2.05. The standard InChI is InChI=1S/C10H8Cl2N2O/c11-6-10-14-13-9(15-10)5-7-1-3-8(12)4-2-7/h1-4H,5-6H2. The molecule has 0 radical (unpaired) electrons. The molecule has 1 aromatic heterocycles. The van der Waals surface area contributed by atoms with Crippen LogP contribution in [-0.4, -0.2) is 10.2 Å². The van der Waals surface area contributed by atoms with E-state index in [0.717, 1.165) is 5.56 Å². The predicted octanol–water partition coefficient (Wildman–Crippen LogP) is 3.05. The molecular formula is C10H8Cl2N2O. The Morgan fingerprint density at radius 3 is 2.33 bits per heavy atom. The van der Waals surface area contributed by atoms with E-state index in [1.54, 1.807) is 0 Å². The van der Waals surface area contributed by atoms with Crippen LogP contribution < -0.4 is 0 Å². The molecule has 0 aliphatic carbocycles. The first-order valence-electron chi connectivity index (χ1n) is 4.39. The molecule has 0 saturated carbocycles. The van der Waals surface area contributed by atoms with Crippen LogP contribution in [0.5, 0.6) is 0 Å². The fourth-order valence-corrected chi connectivity index (χ4v) is 1.42. The van der Waals surface area contributed by atoms with Gasteiger partial charge < -0.3 is 4.42 Å². The molecule has 0 bridgehead atoms. The molecule has 1 heterocycles. The molecule has 0 atom stereocenters. The monoisotopic (exact) mass is 242 g/mol. The topological polar surface area (TPSA) is 38.9 Å². The van der Waals surface area contributed by atoms with E-state index in [-0.39, 0.29) is 5.88 Å². The lowest BCUT2D eigenvalue weighted by Gasteiger charge is -1.96. The van der Waals surface area contributed by atoms with Crippen molar-refractivity contribution < 1.29 is 4.42 Å². The van der Waals surface area contributed by atoms with Crippen molar-refractivity contribution in [3.63, 3.8) is 0 Å². The summed E-state index contributed by atoms with van der Waals surface area (Å²) in [6.45, 7) is 0. The third-order valence-electron chi connectivity index (χ3n) is 1.89. The van der Waals surface area contributed by atoms with Crippen LogP contribution in [0.15, 0.2) is 28.7 Å². The summed E-state index contributed by atoms with van der Waals surface area (Å²) < 4.78 is 5.28. The summed E-state index contributed by atoms with van der Waals surface area (Å²) >= 11 is 11.3. The van der Waals surface area contributed by atoms with Crippen molar-refractivity contribution in [1.82, 2.24) is 10.2 Å². The van der Waals surface area contributed by atoms with Crippen molar-refractivity contribution in [3.8, 4) is 0 Å². The first-order chi connectivity index (χ1) is 7.28. The molecule has 2 aromatic rings. The van der Waals surface area contributed by atoms with E-state index >= 15 is 0 Å². The first kappa shape index (κ1) is 10.5. The molecule has 3 nitrogen and oxygen atoms in total. The smallest absolute Gasteiger partial charge is 0.231 e. The Morgan fingerprint density at radius 2 is 1.73 bits per heavy atom. The molecule has 0 unspecified atom stereocenters. The van der Waals surface area contributed by atoms with Gasteiger partial charge in [0.2, 0.25) is 11.8 Å². The molecule has 15 heavy (non-hydrogen) atoms. The number of benzene rings is 1. The highest BCUT2D eigenvalue weighted by molar-refractivity contribution is 6.30. The Balaban J connectivity index is 2.11. The lowest BCUT2D eigenvalue weighted by atomic mass is 10.1. The van der Waals surface area contributed by atoms with E-state index < -0.39 is 0 Å². The van der Waals surface area contributed by atoms with Crippen LogP contribution in [0, 0.1) is 0 Å². The van der Waals surface area contributed by atoms with Gasteiger partial charge in [-0.3, -0.25) is 0 Å². The van der Waals surface area contributed by atoms with Gasteiger partial charge in [-0.15, -0.1) is 21.8 Å². The predicted molar refractivity (Wildman–Crippen MR) is 58.1 cm³/mol. The normalized spacial score (nSPS) is 10.5. The van der Waals surface area contributed by atoms with E-state index in [4.69, 9.17) is 27.6 Å². The van der Waals surface area contributed by atoms with Gasteiger partial charge in [0.25, 0.3) is 0 Å². The number of rotatable bonds is 3. The highest BCUT2D eigenvalue weighted by atomic mass is 35.5. The quantitative estimate of drug-likeness (QED) is 0.777. The van der Waals surface area contributed by atoms with Gasteiger partial charge in [0.15, 0.2) is 0 Å². The van der Waals surface area contributed by atoms with Crippen LogP contribution in [0.2, 0.25) is 5.02 Å². The van der Waals surface area contributed by atoms with Crippen molar-refractivity contribution in [2.45, 2.75) is 12.3 Å². The number of hydrogen-bond donors (Lipinski definition) is 0. The van der Waals surface area contributed by atoms with Crippen LogP contribution >= 0.6 is 23.2 Å². The average molecular weight is 243 g/mol. The number of nitrogens with zero attached hydrogens (tertiary/aromatic N) is 2. The second-order valence-corrected chi connectivity index (χ2v) is 3.73. The minimum atomic E-state index is 0.244. The molecular weight excluding hydrogens is 235 g/mol. The van der Waals surface area contributed by atoms with Gasteiger partial charge in [-0.05, 0) is 17.7 Å². The second-order valence-electron chi connectivity index (χ2n) is 3.03. The summed E-state index contributed by atoms with van der Waals surface area (Å²) in [5.74, 6) is 1.25. The zero-order valence-electron chi connectivity index (χ0n) is 7.78. The molecule has 5 heteroatoms. The number of halogens is 2. The van der Waals surface area contributed by atoms with Gasteiger partial charge in [0, 0.05) is 5.02 Å². The minimum Gasteiger partial charge on any atom is -0.424 e. The van der Waals surface area contributed by atoms with Crippen LogP contribution in [-0.2, 0) is 12.3 Å². The summed E-state index contributed by atoms with van der Waals surface area (Å²) in [6.07, 6.45) is 0.598. The zero-order chi connectivity index (χ0) is 10.7. The van der Waals surface area contributed by atoms with Gasteiger partial charge in [0.05, 0.1) is 6.42 Å². The first-order valence-corrected chi connectivity index (χ1v) is 5.31. The summed E-state index contributed by atoms with van der Waals surface area (Å²) in [7, 11) is 0. The summed E-state index contributed by atoms with van der Waals surface area (Å²) in [6, 6.07) is 7.51. The van der Waals surface area contributed by atoms with E-state index in [1.807, 2.05) is 24.3 Å². The van der Waals surface area contributed by atoms with Gasteiger partial charge in [-0.1, -0.05) is 23.7 Å². The van der Waals surface area contributed by atoms with E-state index in [1.165, 1.54) is 0 Å². The summed E-state index contributed by atoms with van der Waals surface area (Å²) in [5.41, 5.74) is 1.07. The maximum absolute atomic E-state index is 5.77. The van der Waals surface area contributed by atoms with Gasteiger partial charge in [-0.25, -0.2) is 0 Å². The highest BCUT2D eigenvalue weighted by Crippen LogP contribution is 2.13. The largest absolute Gasteiger partial charge is 0.424 e. The van der Waals surface area contributed by atoms with Crippen LogP contribution in [0.4, 0.5) is 0 Å². The van der Waals surface area contributed by atoms with E-state index in [0.29, 0.717) is 23.2 Å². The summed E-state index contributed by atoms with van der Waals surface area (Å²) in [5, 5.41) is 8.36. The lowest BCUT2D eigenvalue weighted by molar-refractivity contribution is 0.473. The lowest BCUT2D eigenvalue weighted by Crippen LogP contribution is -1.87. The maximum Gasteiger partial charge on any atom is 0.231 e. The summed E-state index contributed by atoms with van der Waals surface area (Å²) in [4.78, 5) is 0. The number of aromatic nitrogens is 2. The molecule has 1 aromatic carbocycles. The van der Waals surface area contributed by atoms with Crippen molar-refractivity contribution in [3.05, 3.63) is 46.6 Å². The fraction of sp³-hybridized carbons (Fsp3) is 0.200. The molecule has 0 fully saturated rings. The molecule has 2 rings (SSSR count). The SMILES string of the molecule is ClCc1nnc(Cc2ccc(Cl)cc2)o1. The van der Waals surface area contributed by atoms with Crippen molar-refractivity contribution in [2.75, 3.05) is 0 Å². The van der Waals surface area contributed by atoms with Crippen molar-refractivity contribution >= 4 is 23.2 Å². The number of alkyl halides is 1. The average Bonchev–Trinajstić information content (AvgIpc) is 2.69. The Morgan fingerprint density at radius 1 is 1.07 bits per heavy atom. The molecule has 0 spiro atoms. The van der Waals surface area contributed by atoms with E-state index in [2.05, 4.69) is 10.2 Å². The van der Waals surface area contributed by atoms with Crippen molar-refractivity contribution in [1.29, 1.82) is 0 Å². The maximum atomic E-state index is 5.77. The van der Waals surface area contributed by atoms with Gasteiger partial charge >= 0.3 is 0 Å². The Kier molecular flexibility index (Phi) is 3.23. The Hall–Kier alpha value is -1.06. The molecule has 78 valence electrons. The third-order valence-corrected chi connectivity index (χ3v) is 2.37. The van der Waals surface area contributed by atoms with Crippen LogP contribution in [0.3, 0.4) is 0 Å². The molecule has 0 amide bonds. The van der Waals surface area contributed by atoms with Gasteiger partial charge in [0.1, 0.15) is 5.88 Å². The zero-order valence-corrected chi connectivity index (χ0v) is 9.29. The molecule has 0 saturated heterocycles. The van der Waals surface area contributed by atoms with Gasteiger partial charge in [-0.2, -0.15) is 0 Å². The van der Waals surface area contributed by atoms with E-state index in [9.17, 15) is 0 Å². The molecule has 0 aliphatic rings.